The Labute approximate surface area is 157 Å². The lowest BCUT2D eigenvalue weighted by Crippen LogP contribution is -2.37. The Morgan fingerprint density at radius 1 is 1.19 bits per heavy atom. The van der Waals surface area contributed by atoms with Gasteiger partial charge < -0.3 is 20.3 Å². The molecule has 0 aliphatic carbocycles. The van der Waals surface area contributed by atoms with Gasteiger partial charge in [0, 0.05) is 52.0 Å². The van der Waals surface area contributed by atoms with Crippen LogP contribution in [0.25, 0.3) is 0 Å². The van der Waals surface area contributed by atoms with E-state index in [1.807, 2.05) is 17.0 Å². The molecule has 2 N–H and O–H groups in total. The first-order valence-electron chi connectivity index (χ1n) is 9.66. The molecule has 1 saturated heterocycles. The van der Waals surface area contributed by atoms with Crippen LogP contribution in [0.1, 0.15) is 44.6 Å². The van der Waals surface area contributed by atoms with Crippen molar-refractivity contribution >= 4 is 17.6 Å². The first-order chi connectivity index (χ1) is 12.7. The monoisotopic (exact) mass is 360 g/mol. The number of nitrogens with one attached hydrogen (secondary N) is 2. The topological polar surface area (TPSA) is 66.0 Å². The molecule has 0 saturated carbocycles. The molecule has 0 spiro atoms. The molecule has 1 amide bonds. The van der Waals surface area contributed by atoms with Gasteiger partial charge in [0.15, 0.2) is 5.96 Å². The molecule has 0 radical (unpaired) electrons. The standard InChI is InChI=1S/C20H32N4O2/c1-3-4-14-26-15-6-12-22-20(21-2)23-16-17-8-10-18(11-9-17)24-13-5-7-19(24)25/h8-11H,3-7,12-16H2,1-2H3,(H2,21,22,23). The van der Waals surface area contributed by atoms with Crippen molar-refractivity contribution in [3.05, 3.63) is 29.8 Å². The van der Waals surface area contributed by atoms with E-state index in [0.717, 1.165) is 62.8 Å². The lowest BCUT2D eigenvalue weighted by Gasteiger charge is -2.16. The van der Waals surface area contributed by atoms with Crippen LogP contribution in [0, 0.1) is 0 Å². The van der Waals surface area contributed by atoms with Crippen molar-refractivity contribution in [2.75, 3.05) is 38.3 Å². The van der Waals surface area contributed by atoms with Crippen molar-refractivity contribution in [3.63, 3.8) is 0 Å². The average molecular weight is 361 g/mol. The average Bonchev–Trinajstić information content (AvgIpc) is 3.10. The third kappa shape index (κ3) is 6.67. The molecule has 2 rings (SSSR count). The molecule has 144 valence electrons. The van der Waals surface area contributed by atoms with Crippen molar-refractivity contribution < 1.29 is 9.53 Å². The summed E-state index contributed by atoms with van der Waals surface area (Å²) in [5.41, 5.74) is 2.15. The Kier molecular flexibility index (Phi) is 8.96. The maximum absolute atomic E-state index is 11.8. The first kappa shape index (κ1) is 20.2. The third-order valence-electron chi connectivity index (χ3n) is 4.41. The van der Waals surface area contributed by atoms with Crippen molar-refractivity contribution in [3.8, 4) is 0 Å². The van der Waals surface area contributed by atoms with Crippen LogP contribution in [-0.2, 0) is 16.1 Å². The predicted octanol–water partition coefficient (Wildman–Crippen LogP) is 2.69. The first-order valence-corrected chi connectivity index (χ1v) is 9.66. The summed E-state index contributed by atoms with van der Waals surface area (Å²) >= 11 is 0. The summed E-state index contributed by atoms with van der Waals surface area (Å²) < 4.78 is 5.55. The molecule has 26 heavy (non-hydrogen) atoms. The fourth-order valence-corrected chi connectivity index (χ4v) is 2.85. The van der Waals surface area contributed by atoms with Crippen molar-refractivity contribution in [2.45, 2.75) is 45.6 Å². The smallest absolute Gasteiger partial charge is 0.227 e. The molecular formula is C20H32N4O2. The van der Waals surface area contributed by atoms with E-state index in [2.05, 4.69) is 34.7 Å². The van der Waals surface area contributed by atoms with Gasteiger partial charge in [-0.3, -0.25) is 9.79 Å². The number of carbonyl (C=O) groups is 1. The lowest BCUT2D eigenvalue weighted by molar-refractivity contribution is -0.117. The van der Waals surface area contributed by atoms with E-state index in [1.54, 1.807) is 7.05 Å². The van der Waals surface area contributed by atoms with E-state index in [1.165, 1.54) is 6.42 Å². The number of unbranched alkanes of at least 4 members (excludes halogenated alkanes) is 1. The van der Waals surface area contributed by atoms with E-state index in [4.69, 9.17) is 4.74 Å². The van der Waals surface area contributed by atoms with Crippen molar-refractivity contribution in [1.82, 2.24) is 10.6 Å². The third-order valence-corrected chi connectivity index (χ3v) is 4.41. The Bertz CT molecular complexity index is 572. The fourth-order valence-electron chi connectivity index (χ4n) is 2.85. The summed E-state index contributed by atoms with van der Waals surface area (Å²) in [6.45, 7) is 6.15. The van der Waals surface area contributed by atoms with Crippen molar-refractivity contribution in [1.29, 1.82) is 0 Å². The minimum absolute atomic E-state index is 0.221. The van der Waals surface area contributed by atoms with Gasteiger partial charge in [-0.05, 0) is 37.0 Å². The number of rotatable bonds is 10. The second-order valence-corrected chi connectivity index (χ2v) is 6.49. The van der Waals surface area contributed by atoms with E-state index in [-0.39, 0.29) is 5.91 Å². The maximum Gasteiger partial charge on any atom is 0.227 e. The van der Waals surface area contributed by atoms with E-state index in [9.17, 15) is 4.79 Å². The quantitative estimate of drug-likeness (QED) is 0.382. The Morgan fingerprint density at radius 2 is 1.96 bits per heavy atom. The number of carbonyl (C=O) groups excluding carboxylic acids is 1. The van der Waals surface area contributed by atoms with E-state index < -0.39 is 0 Å². The molecule has 1 aromatic carbocycles. The molecule has 1 fully saturated rings. The number of anilines is 1. The molecule has 1 aromatic rings. The molecule has 0 atom stereocenters. The number of ether oxygens (including phenoxy) is 1. The zero-order valence-corrected chi connectivity index (χ0v) is 16.1. The zero-order chi connectivity index (χ0) is 18.6. The Hall–Kier alpha value is -2.08. The summed E-state index contributed by atoms with van der Waals surface area (Å²) in [4.78, 5) is 17.9. The summed E-state index contributed by atoms with van der Waals surface area (Å²) in [7, 11) is 1.77. The number of benzene rings is 1. The fraction of sp³-hybridized carbons (Fsp3) is 0.600. The molecule has 1 aliphatic heterocycles. The van der Waals surface area contributed by atoms with Gasteiger partial charge in [-0.2, -0.15) is 0 Å². The van der Waals surface area contributed by atoms with E-state index >= 15 is 0 Å². The number of hydrogen-bond acceptors (Lipinski definition) is 3. The number of aliphatic imine (C=N–C) groups is 1. The normalized spacial score (nSPS) is 14.8. The van der Waals surface area contributed by atoms with Gasteiger partial charge in [-0.1, -0.05) is 25.5 Å². The van der Waals surface area contributed by atoms with Gasteiger partial charge >= 0.3 is 0 Å². The van der Waals surface area contributed by atoms with Crippen LogP contribution in [-0.4, -0.2) is 45.2 Å². The summed E-state index contributed by atoms with van der Waals surface area (Å²) in [5, 5.41) is 6.61. The second kappa shape index (κ2) is 11.5. The van der Waals surface area contributed by atoms with Gasteiger partial charge in [0.05, 0.1) is 0 Å². The van der Waals surface area contributed by atoms with Gasteiger partial charge in [0.1, 0.15) is 0 Å². The Balaban J connectivity index is 1.67. The van der Waals surface area contributed by atoms with Gasteiger partial charge in [0.25, 0.3) is 0 Å². The number of hydrogen-bond donors (Lipinski definition) is 2. The van der Waals surface area contributed by atoms with Crippen molar-refractivity contribution in [2.24, 2.45) is 4.99 Å². The van der Waals surface area contributed by atoms with Crippen LogP contribution in [0.5, 0.6) is 0 Å². The highest BCUT2D eigenvalue weighted by atomic mass is 16.5. The summed E-state index contributed by atoms with van der Waals surface area (Å²) in [5.74, 6) is 1.01. The maximum atomic E-state index is 11.8. The number of amides is 1. The molecular weight excluding hydrogens is 328 g/mol. The molecule has 0 unspecified atom stereocenters. The molecule has 1 aliphatic rings. The predicted molar refractivity (Wildman–Crippen MR) is 107 cm³/mol. The molecule has 6 nitrogen and oxygen atoms in total. The van der Waals surface area contributed by atoms with Crippen LogP contribution in [0.15, 0.2) is 29.3 Å². The highest BCUT2D eigenvalue weighted by Crippen LogP contribution is 2.21. The van der Waals surface area contributed by atoms with Crippen LogP contribution in [0.4, 0.5) is 5.69 Å². The summed E-state index contributed by atoms with van der Waals surface area (Å²) in [6, 6.07) is 8.15. The SMILES string of the molecule is CCCCOCCCNC(=NC)NCc1ccc(N2CCCC2=O)cc1. The molecule has 0 aromatic heterocycles. The van der Waals surface area contributed by atoms with Crippen LogP contribution < -0.4 is 15.5 Å². The number of nitrogens with zero attached hydrogens (tertiary/aromatic N) is 2. The van der Waals surface area contributed by atoms with E-state index in [0.29, 0.717) is 13.0 Å². The second-order valence-electron chi connectivity index (χ2n) is 6.49. The van der Waals surface area contributed by atoms with Crippen LogP contribution >= 0.6 is 0 Å². The molecule has 0 bridgehead atoms. The summed E-state index contributed by atoms with van der Waals surface area (Å²) in [6.07, 6.45) is 4.87. The van der Waals surface area contributed by atoms with Gasteiger partial charge in [-0.25, -0.2) is 0 Å². The lowest BCUT2D eigenvalue weighted by atomic mass is 10.2. The zero-order valence-electron chi connectivity index (χ0n) is 16.1. The minimum Gasteiger partial charge on any atom is -0.381 e. The number of guanidine groups is 1. The van der Waals surface area contributed by atoms with Gasteiger partial charge in [0.2, 0.25) is 5.91 Å². The molecule has 6 heteroatoms. The van der Waals surface area contributed by atoms with Gasteiger partial charge in [-0.15, -0.1) is 0 Å². The molecule has 1 heterocycles. The largest absolute Gasteiger partial charge is 0.381 e. The minimum atomic E-state index is 0.221. The highest BCUT2D eigenvalue weighted by molar-refractivity contribution is 5.95. The Morgan fingerprint density at radius 3 is 2.62 bits per heavy atom. The van der Waals surface area contributed by atoms with Crippen LogP contribution in [0.2, 0.25) is 0 Å². The highest BCUT2D eigenvalue weighted by Gasteiger charge is 2.21. The van der Waals surface area contributed by atoms with Crippen LogP contribution in [0.3, 0.4) is 0 Å².